The molecule has 0 aromatic heterocycles. The van der Waals surface area contributed by atoms with Crippen molar-refractivity contribution in [3.8, 4) is 0 Å². The van der Waals surface area contributed by atoms with E-state index in [4.69, 9.17) is 11.6 Å². The Morgan fingerprint density at radius 1 is 1.06 bits per heavy atom. The second-order valence-corrected chi connectivity index (χ2v) is 10.0. The lowest BCUT2D eigenvalue weighted by atomic mass is 10.1. The third-order valence-corrected chi connectivity index (χ3v) is 6.08. The van der Waals surface area contributed by atoms with Crippen molar-refractivity contribution < 1.29 is 22.4 Å². The fraction of sp³-hybridized carbons (Fsp3) is 0.364. The highest BCUT2D eigenvalue weighted by molar-refractivity contribution is 7.92. The number of carbonyl (C=O) groups excluding carboxylic acids is 2. The predicted molar refractivity (Wildman–Crippen MR) is 123 cm³/mol. The molecular formula is C22H27ClFN3O4S. The average Bonchev–Trinajstić information content (AvgIpc) is 2.70. The van der Waals surface area contributed by atoms with E-state index in [1.165, 1.54) is 54.3 Å². The largest absolute Gasteiger partial charge is 0.352 e. The third-order valence-electron chi connectivity index (χ3n) is 4.69. The van der Waals surface area contributed by atoms with Crippen molar-refractivity contribution in [2.45, 2.75) is 39.4 Å². The second kappa shape index (κ2) is 10.8. The standard InChI is InChI=1S/C22H27ClFN3O4S/c1-15(2)25-22(29)16(3)26(13-17-7-5-6-8-20(17)24)21(28)14-27(32(4,30)31)19-11-9-18(23)10-12-19/h5-12,15-16H,13-14H2,1-4H3,(H,25,29)/t16-/m0/s1. The number of hydrogen-bond acceptors (Lipinski definition) is 4. The summed E-state index contributed by atoms with van der Waals surface area (Å²) in [5.41, 5.74) is 0.456. The summed E-state index contributed by atoms with van der Waals surface area (Å²) in [5, 5.41) is 3.14. The van der Waals surface area contributed by atoms with Crippen LogP contribution in [0.4, 0.5) is 10.1 Å². The minimum absolute atomic E-state index is 0.169. The van der Waals surface area contributed by atoms with Crippen LogP contribution in [0.1, 0.15) is 26.3 Å². The van der Waals surface area contributed by atoms with Crippen LogP contribution in [0.15, 0.2) is 48.5 Å². The van der Waals surface area contributed by atoms with Gasteiger partial charge in [0.25, 0.3) is 0 Å². The zero-order chi connectivity index (χ0) is 24.1. The van der Waals surface area contributed by atoms with Gasteiger partial charge in [0.15, 0.2) is 0 Å². The van der Waals surface area contributed by atoms with E-state index in [9.17, 15) is 22.4 Å². The van der Waals surface area contributed by atoms with E-state index in [2.05, 4.69) is 5.32 Å². The van der Waals surface area contributed by atoms with E-state index in [-0.39, 0.29) is 23.8 Å². The smallest absolute Gasteiger partial charge is 0.244 e. The first-order valence-electron chi connectivity index (χ1n) is 9.96. The summed E-state index contributed by atoms with van der Waals surface area (Å²) in [6, 6.07) is 10.8. The Bertz CT molecular complexity index is 1060. The molecule has 0 radical (unpaired) electrons. The fourth-order valence-electron chi connectivity index (χ4n) is 3.02. The molecule has 2 aromatic rings. The first kappa shape index (κ1) is 25.6. The van der Waals surface area contributed by atoms with Crippen molar-refractivity contribution in [2.75, 3.05) is 17.1 Å². The van der Waals surface area contributed by atoms with Gasteiger partial charge in [0.2, 0.25) is 21.8 Å². The number of anilines is 1. The van der Waals surface area contributed by atoms with Gasteiger partial charge < -0.3 is 10.2 Å². The summed E-state index contributed by atoms with van der Waals surface area (Å²) < 4.78 is 40.0. The average molecular weight is 484 g/mol. The van der Waals surface area contributed by atoms with Gasteiger partial charge in [-0.25, -0.2) is 12.8 Å². The maximum absolute atomic E-state index is 14.3. The number of nitrogens with zero attached hydrogens (tertiary/aromatic N) is 2. The molecule has 0 spiro atoms. The molecule has 2 rings (SSSR count). The number of halogens is 2. The van der Waals surface area contributed by atoms with Gasteiger partial charge in [-0.2, -0.15) is 0 Å². The molecule has 2 amide bonds. The van der Waals surface area contributed by atoms with Crippen molar-refractivity contribution in [1.82, 2.24) is 10.2 Å². The normalized spacial score (nSPS) is 12.3. The van der Waals surface area contributed by atoms with Gasteiger partial charge in [-0.05, 0) is 51.1 Å². The molecule has 10 heteroatoms. The van der Waals surface area contributed by atoms with E-state index >= 15 is 0 Å². The Kier molecular flexibility index (Phi) is 8.63. The lowest BCUT2D eigenvalue weighted by molar-refractivity contribution is -0.139. The third kappa shape index (κ3) is 6.93. The summed E-state index contributed by atoms with van der Waals surface area (Å²) in [4.78, 5) is 27.1. The lowest BCUT2D eigenvalue weighted by Crippen LogP contribution is -2.52. The van der Waals surface area contributed by atoms with Crippen LogP contribution in [0.3, 0.4) is 0 Å². The highest BCUT2D eigenvalue weighted by atomic mass is 35.5. The van der Waals surface area contributed by atoms with Crippen LogP contribution in [0.5, 0.6) is 0 Å². The molecule has 0 fully saturated rings. The van der Waals surface area contributed by atoms with E-state index in [0.717, 1.165) is 10.6 Å². The summed E-state index contributed by atoms with van der Waals surface area (Å²) >= 11 is 5.89. The Morgan fingerprint density at radius 2 is 1.66 bits per heavy atom. The Balaban J connectivity index is 2.39. The molecule has 1 atom stereocenters. The molecule has 1 N–H and O–H groups in total. The zero-order valence-corrected chi connectivity index (χ0v) is 20.0. The summed E-state index contributed by atoms with van der Waals surface area (Å²) in [6.45, 7) is 4.31. The number of amides is 2. The van der Waals surface area contributed by atoms with Gasteiger partial charge in [-0.1, -0.05) is 29.8 Å². The van der Waals surface area contributed by atoms with E-state index < -0.39 is 40.2 Å². The van der Waals surface area contributed by atoms with Crippen LogP contribution in [-0.2, 0) is 26.2 Å². The van der Waals surface area contributed by atoms with Crippen LogP contribution in [0.25, 0.3) is 0 Å². The number of sulfonamides is 1. The minimum Gasteiger partial charge on any atom is -0.352 e. The van der Waals surface area contributed by atoms with Crippen molar-refractivity contribution in [3.05, 3.63) is 64.9 Å². The number of benzene rings is 2. The van der Waals surface area contributed by atoms with Crippen molar-refractivity contribution >= 4 is 39.1 Å². The highest BCUT2D eigenvalue weighted by Gasteiger charge is 2.30. The van der Waals surface area contributed by atoms with Gasteiger partial charge in [-0.15, -0.1) is 0 Å². The number of nitrogens with one attached hydrogen (secondary N) is 1. The zero-order valence-electron chi connectivity index (χ0n) is 18.4. The Labute approximate surface area is 193 Å². The molecule has 2 aromatic carbocycles. The van der Waals surface area contributed by atoms with Crippen LogP contribution >= 0.6 is 11.6 Å². The van der Waals surface area contributed by atoms with Crippen LogP contribution in [0.2, 0.25) is 5.02 Å². The second-order valence-electron chi connectivity index (χ2n) is 7.70. The maximum atomic E-state index is 14.3. The molecule has 0 aliphatic rings. The highest BCUT2D eigenvalue weighted by Crippen LogP contribution is 2.21. The fourth-order valence-corrected chi connectivity index (χ4v) is 3.99. The lowest BCUT2D eigenvalue weighted by Gasteiger charge is -2.32. The minimum atomic E-state index is -3.84. The summed E-state index contributed by atoms with van der Waals surface area (Å²) in [6.07, 6.45) is 0.977. The molecule has 0 heterocycles. The van der Waals surface area contributed by atoms with E-state index in [1.54, 1.807) is 19.9 Å². The van der Waals surface area contributed by atoms with E-state index in [0.29, 0.717) is 5.02 Å². The molecule has 0 unspecified atom stereocenters. The van der Waals surface area contributed by atoms with Gasteiger partial charge in [0.1, 0.15) is 18.4 Å². The molecule has 0 saturated heterocycles. The molecule has 0 saturated carbocycles. The molecule has 174 valence electrons. The van der Waals surface area contributed by atoms with Crippen molar-refractivity contribution in [2.24, 2.45) is 0 Å². The molecule has 0 aliphatic carbocycles. The molecule has 0 aliphatic heterocycles. The van der Waals surface area contributed by atoms with Crippen LogP contribution in [0, 0.1) is 5.82 Å². The quantitative estimate of drug-likeness (QED) is 0.593. The predicted octanol–water partition coefficient (Wildman–Crippen LogP) is 3.19. The SMILES string of the molecule is CC(C)NC(=O)[C@H](C)N(Cc1ccccc1F)C(=O)CN(c1ccc(Cl)cc1)S(C)(=O)=O. The van der Waals surface area contributed by atoms with Crippen molar-refractivity contribution in [1.29, 1.82) is 0 Å². The molecule has 32 heavy (non-hydrogen) atoms. The number of hydrogen-bond donors (Lipinski definition) is 1. The summed E-state index contributed by atoms with van der Waals surface area (Å²) in [7, 11) is -3.84. The first-order chi connectivity index (χ1) is 14.9. The van der Waals surface area contributed by atoms with Crippen LogP contribution < -0.4 is 9.62 Å². The first-order valence-corrected chi connectivity index (χ1v) is 12.2. The maximum Gasteiger partial charge on any atom is 0.244 e. The summed E-state index contributed by atoms with van der Waals surface area (Å²) in [5.74, 6) is -1.61. The van der Waals surface area contributed by atoms with Gasteiger partial charge in [-0.3, -0.25) is 13.9 Å². The topological polar surface area (TPSA) is 86.8 Å². The molecular weight excluding hydrogens is 457 g/mol. The van der Waals surface area contributed by atoms with Gasteiger partial charge >= 0.3 is 0 Å². The Hall–Kier alpha value is -2.65. The molecule has 7 nitrogen and oxygen atoms in total. The van der Waals surface area contributed by atoms with E-state index in [1.807, 2.05) is 0 Å². The van der Waals surface area contributed by atoms with Gasteiger partial charge in [0, 0.05) is 23.2 Å². The van der Waals surface area contributed by atoms with Crippen LogP contribution in [-0.4, -0.2) is 50.0 Å². The van der Waals surface area contributed by atoms with Gasteiger partial charge in [0.05, 0.1) is 11.9 Å². The molecule has 0 bridgehead atoms. The Morgan fingerprint density at radius 3 is 2.19 bits per heavy atom. The van der Waals surface area contributed by atoms with Crippen molar-refractivity contribution in [3.63, 3.8) is 0 Å². The number of rotatable bonds is 9. The number of carbonyl (C=O) groups is 2. The monoisotopic (exact) mass is 483 g/mol.